The standard InChI is InChI=1S/C12H12FN3O2.C2H2N2O/c13-5-9(6-14)7-17-11-3-1-10(2-4-11)12-15-8-18-16-12;1-3-2-5-4-1/h1-5,8H,6-7,14H2;1-2H/b9-5+;. The monoisotopic (exact) mass is 319 g/mol. The Morgan fingerprint density at radius 3 is 2.52 bits per heavy atom. The third kappa shape index (κ3) is 5.32. The van der Waals surface area contributed by atoms with Gasteiger partial charge in [0, 0.05) is 17.7 Å². The predicted molar refractivity (Wildman–Crippen MR) is 77.8 cm³/mol. The van der Waals surface area contributed by atoms with Gasteiger partial charge in [0.1, 0.15) is 12.4 Å². The number of hydrogen-bond donors (Lipinski definition) is 1. The molecule has 0 aliphatic carbocycles. The van der Waals surface area contributed by atoms with Crippen LogP contribution in [-0.2, 0) is 0 Å². The fraction of sp³-hybridized carbons (Fsp3) is 0.143. The summed E-state index contributed by atoms with van der Waals surface area (Å²) in [6, 6.07) is 7.08. The van der Waals surface area contributed by atoms with Crippen LogP contribution in [0.3, 0.4) is 0 Å². The summed E-state index contributed by atoms with van der Waals surface area (Å²) < 4.78 is 26.5. The SMILES string of the molecule is NC/C(=C\F)COc1ccc(-c2ncon2)cc1.c1ncon1. The van der Waals surface area contributed by atoms with Crippen LogP contribution in [0.15, 0.2) is 64.3 Å². The molecule has 0 radical (unpaired) electrons. The van der Waals surface area contributed by atoms with Crippen LogP contribution in [0.2, 0.25) is 0 Å². The fourth-order valence-electron chi connectivity index (χ4n) is 1.45. The Kier molecular flexibility index (Phi) is 6.42. The number of rotatable bonds is 5. The first-order chi connectivity index (χ1) is 11.3. The Balaban J connectivity index is 0.000000326. The Morgan fingerprint density at radius 2 is 2.04 bits per heavy atom. The molecule has 23 heavy (non-hydrogen) atoms. The first-order valence-electron chi connectivity index (χ1n) is 6.50. The number of benzene rings is 1. The van der Waals surface area contributed by atoms with E-state index in [9.17, 15) is 4.39 Å². The van der Waals surface area contributed by atoms with E-state index in [0.717, 1.165) is 5.56 Å². The molecule has 8 nitrogen and oxygen atoms in total. The van der Waals surface area contributed by atoms with Gasteiger partial charge in [-0.3, -0.25) is 0 Å². The highest BCUT2D eigenvalue weighted by Crippen LogP contribution is 2.19. The molecule has 0 saturated heterocycles. The maximum Gasteiger partial charge on any atom is 0.214 e. The molecule has 0 fully saturated rings. The van der Waals surface area contributed by atoms with E-state index in [4.69, 9.17) is 10.5 Å². The summed E-state index contributed by atoms with van der Waals surface area (Å²) in [6.45, 7) is 0.270. The van der Waals surface area contributed by atoms with Crippen LogP contribution in [0.1, 0.15) is 0 Å². The van der Waals surface area contributed by atoms with Crippen LogP contribution in [0.5, 0.6) is 5.75 Å². The summed E-state index contributed by atoms with van der Waals surface area (Å²) in [7, 11) is 0. The highest BCUT2D eigenvalue weighted by molar-refractivity contribution is 5.55. The highest BCUT2D eigenvalue weighted by atomic mass is 19.1. The van der Waals surface area contributed by atoms with Crippen molar-refractivity contribution in [2.45, 2.75) is 0 Å². The highest BCUT2D eigenvalue weighted by Gasteiger charge is 2.03. The number of aromatic nitrogens is 4. The van der Waals surface area contributed by atoms with Crippen molar-refractivity contribution in [3.05, 3.63) is 55.3 Å². The van der Waals surface area contributed by atoms with E-state index >= 15 is 0 Å². The van der Waals surface area contributed by atoms with Gasteiger partial charge in [-0.05, 0) is 24.3 Å². The van der Waals surface area contributed by atoms with Crippen LogP contribution in [0.25, 0.3) is 11.4 Å². The summed E-state index contributed by atoms with van der Waals surface area (Å²) in [6.07, 6.45) is 4.33. The zero-order valence-electron chi connectivity index (χ0n) is 12.0. The van der Waals surface area contributed by atoms with Gasteiger partial charge in [-0.1, -0.05) is 10.3 Å². The molecule has 0 unspecified atom stereocenters. The predicted octanol–water partition coefficient (Wildman–Crippen LogP) is 2.00. The molecule has 0 amide bonds. The van der Waals surface area contributed by atoms with Crippen molar-refractivity contribution in [3.63, 3.8) is 0 Å². The van der Waals surface area contributed by atoms with E-state index in [-0.39, 0.29) is 13.2 Å². The zero-order valence-corrected chi connectivity index (χ0v) is 12.0. The van der Waals surface area contributed by atoms with Gasteiger partial charge in [0.05, 0.1) is 6.33 Å². The number of nitrogens with zero attached hydrogens (tertiary/aromatic N) is 4. The van der Waals surface area contributed by atoms with Crippen molar-refractivity contribution < 1.29 is 18.2 Å². The third-order valence-corrected chi connectivity index (χ3v) is 2.60. The van der Waals surface area contributed by atoms with Gasteiger partial charge in [-0.15, -0.1) is 0 Å². The molecular weight excluding hydrogens is 305 g/mol. The second-order valence-electron chi connectivity index (χ2n) is 4.12. The molecule has 0 spiro atoms. The van der Waals surface area contributed by atoms with Crippen molar-refractivity contribution in [1.29, 1.82) is 0 Å². The minimum absolute atomic E-state index is 0.133. The van der Waals surface area contributed by atoms with Crippen LogP contribution < -0.4 is 10.5 Å². The molecule has 2 aromatic heterocycles. The lowest BCUT2D eigenvalue weighted by Crippen LogP contribution is -2.10. The Hall–Kier alpha value is -3.07. The van der Waals surface area contributed by atoms with Gasteiger partial charge >= 0.3 is 0 Å². The van der Waals surface area contributed by atoms with Gasteiger partial charge in [0.15, 0.2) is 6.33 Å². The maximum absolute atomic E-state index is 12.3. The summed E-state index contributed by atoms with van der Waals surface area (Å²) >= 11 is 0. The molecule has 0 aliphatic heterocycles. The normalized spacial score (nSPS) is 10.8. The first kappa shape index (κ1) is 16.3. The average Bonchev–Trinajstić information content (AvgIpc) is 3.32. The van der Waals surface area contributed by atoms with E-state index in [2.05, 4.69) is 29.3 Å². The molecule has 0 aliphatic rings. The summed E-state index contributed by atoms with van der Waals surface area (Å²) in [4.78, 5) is 7.37. The van der Waals surface area contributed by atoms with Gasteiger partial charge in [-0.2, -0.15) is 4.98 Å². The Labute approximate surface area is 130 Å². The molecule has 0 saturated carbocycles. The second-order valence-corrected chi connectivity index (χ2v) is 4.12. The molecule has 3 aromatic rings. The van der Waals surface area contributed by atoms with E-state index in [0.29, 0.717) is 23.5 Å². The third-order valence-electron chi connectivity index (χ3n) is 2.60. The van der Waals surface area contributed by atoms with Crippen LogP contribution >= 0.6 is 0 Å². The molecule has 3 rings (SSSR count). The quantitative estimate of drug-likeness (QED) is 0.759. The smallest absolute Gasteiger partial charge is 0.214 e. The molecule has 9 heteroatoms. The van der Waals surface area contributed by atoms with Crippen molar-refractivity contribution in [2.24, 2.45) is 5.73 Å². The summed E-state index contributed by atoms with van der Waals surface area (Å²) in [5.41, 5.74) is 6.54. The van der Waals surface area contributed by atoms with E-state index in [1.165, 1.54) is 19.1 Å². The minimum Gasteiger partial charge on any atom is -0.489 e. The lowest BCUT2D eigenvalue weighted by Gasteiger charge is -2.07. The lowest BCUT2D eigenvalue weighted by molar-refractivity contribution is 0.347. The maximum atomic E-state index is 12.3. The number of hydrogen-bond acceptors (Lipinski definition) is 8. The summed E-state index contributed by atoms with van der Waals surface area (Å²) in [5.74, 6) is 1.13. The largest absolute Gasteiger partial charge is 0.489 e. The van der Waals surface area contributed by atoms with Gasteiger partial charge in [0.2, 0.25) is 18.6 Å². The lowest BCUT2D eigenvalue weighted by atomic mass is 10.2. The Bertz CT molecular complexity index is 667. The summed E-state index contributed by atoms with van der Waals surface area (Å²) in [5, 5.41) is 6.95. The molecule has 0 atom stereocenters. The molecule has 120 valence electrons. The fourth-order valence-corrected chi connectivity index (χ4v) is 1.45. The molecule has 0 bridgehead atoms. The van der Waals surface area contributed by atoms with Gasteiger partial charge < -0.3 is 19.5 Å². The first-order valence-corrected chi connectivity index (χ1v) is 6.50. The van der Waals surface area contributed by atoms with Crippen LogP contribution in [-0.4, -0.2) is 33.4 Å². The van der Waals surface area contributed by atoms with Crippen LogP contribution in [0.4, 0.5) is 4.39 Å². The number of halogens is 1. The van der Waals surface area contributed by atoms with E-state index in [1.54, 1.807) is 24.3 Å². The van der Waals surface area contributed by atoms with Crippen molar-refractivity contribution >= 4 is 0 Å². The number of nitrogens with two attached hydrogens (primary N) is 1. The van der Waals surface area contributed by atoms with E-state index in [1.807, 2.05) is 0 Å². The average molecular weight is 319 g/mol. The second kappa shape index (κ2) is 9.05. The zero-order chi connectivity index (χ0) is 16.3. The van der Waals surface area contributed by atoms with Crippen LogP contribution in [0, 0.1) is 0 Å². The molecule has 2 heterocycles. The van der Waals surface area contributed by atoms with Crippen molar-refractivity contribution in [1.82, 2.24) is 20.3 Å². The van der Waals surface area contributed by atoms with Crippen molar-refractivity contribution in [2.75, 3.05) is 13.2 Å². The van der Waals surface area contributed by atoms with E-state index < -0.39 is 0 Å². The number of ether oxygens (including phenoxy) is 1. The van der Waals surface area contributed by atoms with Gasteiger partial charge in [0.25, 0.3) is 0 Å². The molecule has 2 N–H and O–H groups in total. The van der Waals surface area contributed by atoms with Crippen molar-refractivity contribution in [3.8, 4) is 17.1 Å². The van der Waals surface area contributed by atoms with Gasteiger partial charge in [-0.25, -0.2) is 9.37 Å². The Morgan fingerprint density at radius 1 is 1.22 bits per heavy atom. The molecular formula is C14H14FN5O3. The minimum atomic E-state index is 0.133. The topological polar surface area (TPSA) is 113 Å². The molecule has 1 aromatic carbocycles.